The molecular formula is H3N4O12Pb-3. The summed E-state index contributed by atoms with van der Waals surface area (Å²) in [6.07, 6.45) is 0. The van der Waals surface area contributed by atoms with Gasteiger partial charge in [-0.05, 0) is 0 Å². The minimum atomic E-state index is -1.75. The molecule has 0 aliphatic carbocycles. The molecule has 0 unspecified atom stereocenters. The van der Waals surface area contributed by atoms with Crippen molar-refractivity contribution < 1.29 is 25.6 Å². The van der Waals surface area contributed by atoms with Gasteiger partial charge in [-0.25, -0.2) is 0 Å². The molecule has 0 spiro atoms. The Balaban J connectivity index is -0.0000000369. The van der Waals surface area contributed by atoms with Gasteiger partial charge in [0, 0.05) is 0 Å². The molecule has 102 valence electrons. The Kier molecular flexibility index (Phi) is 40.5. The average Bonchev–Trinajstić information content (AvgIpc) is 1.76. The molecule has 0 bridgehead atoms. The number of hydrogen-bond donors (Lipinski definition) is 1. The maximum atomic E-state index is 8.36. The summed E-state index contributed by atoms with van der Waals surface area (Å²) in [6, 6.07) is 0. The Morgan fingerprint density at radius 2 is 0.588 bits per heavy atom. The summed E-state index contributed by atoms with van der Waals surface area (Å²) in [7, 11) is 0. The summed E-state index contributed by atoms with van der Waals surface area (Å²) in [5, 5.41) is 57.9. The SMILES string of the molecule is O=[N+]([O-])O.O=[N+]([O-])[O-].O=[N+]([O-])[O-].O=[N+]([O-])[O-].[PbH2]. The summed E-state index contributed by atoms with van der Waals surface area (Å²) in [6.45, 7) is 0. The normalized spacial score (nSPS) is 5.65. The molecule has 0 aromatic carbocycles. The van der Waals surface area contributed by atoms with Gasteiger partial charge < -0.3 is 51.2 Å². The van der Waals surface area contributed by atoms with E-state index in [2.05, 4.69) is 0 Å². The first-order valence-corrected chi connectivity index (χ1v) is 2.21. The van der Waals surface area contributed by atoms with Gasteiger partial charge in [0.2, 0.25) is 0 Å². The van der Waals surface area contributed by atoms with E-state index in [0.717, 1.165) is 0 Å². The van der Waals surface area contributed by atoms with Gasteiger partial charge in [0.25, 0.3) is 5.09 Å². The van der Waals surface area contributed by atoms with E-state index >= 15 is 0 Å². The molecule has 0 amide bonds. The van der Waals surface area contributed by atoms with Crippen LogP contribution in [-0.2, 0) is 0 Å². The molecule has 0 saturated heterocycles. The molecule has 0 aliphatic rings. The van der Waals surface area contributed by atoms with E-state index in [1.54, 1.807) is 0 Å². The fourth-order valence-corrected chi connectivity index (χ4v) is 0. The molecule has 0 aromatic heterocycles. The van der Waals surface area contributed by atoms with Crippen molar-refractivity contribution >= 4 is 27.3 Å². The van der Waals surface area contributed by atoms with Crippen molar-refractivity contribution in [2.75, 3.05) is 0 Å². The van der Waals surface area contributed by atoms with Gasteiger partial charge in [0.15, 0.2) is 0 Å². The first-order chi connectivity index (χ1) is 6.93. The van der Waals surface area contributed by atoms with Gasteiger partial charge in [0.05, 0.1) is 15.3 Å². The van der Waals surface area contributed by atoms with Crippen LogP contribution < -0.4 is 0 Å². The van der Waals surface area contributed by atoms with Crippen molar-refractivity contribution in [1.82, 2.24) is 0 Å². The zero-order chi connectivity index (χ0) is 14.3. The first-order valence-electron chi connectivity index (χ1n) is 2.21. The number of hydrogen-bond acceptors (Lipinski definition) is 11. The second-order valence-electron chi connectivity index (χ2n) is 0.909. The van der Waals surface area contributed by atoms with Crippen LogP contribution in [0, 0.1) is 56.1 Å². The Bertz CT molecular complexity index is 159. The third-order valence-electron chi connectivity index (χ3n) is 0. The third-order valence-corrected chi connectivity index (χ3v) is 0. The van der Waals surface area contributed by atoms with Crippen LogP contribution in [0.25, 0.3) is 0 Å². The average molecular weight is 458 g/mol. The molecule has 16 nitrogen and oxygen atoms in total. The van der Waals surface area contributed by atoms with Gasteiger partial charge in [0.1, 0.15) is 0 Å². The maximum absolute atomic E-state index is 8.36. The summed E-state index contributed by atoms with van der Waals surface area (Å²) in [4.78, 5) is 33.1. The Labute approximate surface area is 109 Å². The molecule has 0 saturated carbocycles. The predicted molar refractivity (Wildman–Crippen MR) is 48.4 cm³/mol. The summed E-state index contributed by atoms with van der Waals surface area (Å²) in [5.41, 5.74) is 0. The minimum absolute atomic E-state index is 0. The Hall–Kier alpha value is -2.28. The molecule has 17 heavy (non-hydrogen) atoms. The van der Waals surface area contributed by atoms with Crippen molar-refractivity contribution in [2.45, 2.75) is 0 Å². The van der Waals surface area contributed by atoms with Crippen molar-refractivity contribution in [2.24, 2.45) is 0 Å². The Morgan fingerprint density at radius 3 is 0.588 bits per heavy atom. The summed E-state index contributed by atoms with van der Waals surface area (Å²) >= 11 is 0. The van der Waals surface area contributed by atoms with Crippen molar-refractivity contribution in [3.8, 4) is 0 Å². The molecule has 1 N–H and O–H groups in total. The van der Waals surface area contributed by atoms with E-state index in [1.165, 1.54) is 0 Å². The molecule has 2 radical (unpaired) electrons. The monoisotopic (exact) mass is 459 g/mol. The number of nitrogens with zero attached hydrogens (tertiary/aromatic N) is 4. The first kappa shape index (κ1) is 29.3. The topological polar surface area (TPSA) is 262 Å². The van der Waals surface area contributed by atoms with E-state index in [0.29, 0.717) is 0 Å². The van der Waals surface area contributed by atoms with E-state index in [-0.39, 0.29) is 27.3 Å². The summed E-state index contributed by atoms with van der Waals surface area (Å²) in [5.74, 6) is 0. The van der Waals surface area contributed by atoms with Crippen LogP contribution in [0.1, 0.15) is 0 Å². The van der Waals surface area contributed by atoms with Crippen LogP contribution in [0.3, 0.4) is 0 Å². The third kappa shape index (κ3) is 363. The van der Waals surface area contributed by atoms with E-state index in [4.69, 9.17) is 61.3 Å². The van der Waals surface area contributed by atoms with Crippen LogP contribution in [0.2, 0.25) is 0 Å². The fraction of sp³-hybridized carbons (Fsp3) is 0. The zero-order valence-electron chi connectivity index (χ0n) is 7.43. The van der Waals surface area contributed by atoms with Crippen molar-refractivity contribution in [3.05, 3.63) is 56.1 Å². The predicted octanol–water partition coefficient (Wildman–Crippen LogP) is -1.98. The Morgan fingerprint density at radius 1 is 0.588 bits per heavy atom. The second-order valence-corrected chi connectivity index (χ2v) is 0.909. The molecule has 0 aliphatic heterocycles. The van der Waals surface area contributed by atoms with Crippen LogP contribution in [0.5, 0.6) is 0 Å². The van der Waals surface area contributed by atoms with Crippen LogP contribution in [0.15, 0.2) is 0 Å². The van der Waals surface area contributed by atoms with Crippen LogP contribution in [0.4, 0.5) is 0 Å². The standard InChI is InChI=1S/HNO3.3NO3.Pb.2H/c4*2-1(3)4;;;/h(H,2,3,4);;;;;;/q;3*-1;;;. The van der Waals surface area contributed by atoms with E-state index in [9.17, 15) is 0 Å². The van der Waals surface area contributed by atoms with Gasteiger partial charge in [-0.15, -0.1) is 10.1 Å². The molecule has 0 rings (SSSR count). The molecule has 0 heterocycles. The van der Waals surface area contributed by atoms with Gasteiger partial charge >= 0.3 is 27.3 Å². The zero-order valence-corrected chi connectivity index (χ0v) is 12.9. The number of rotatable bonds is 0. The van der Waals surface area contributed by atoms with Gasteiger partial charge in [-0.2, -0.15) is 0 Å². The van der Waals surface area contributed by atoms with E-state index in [1.807, 2.05) is 0 Å². The molecule has 0 atom stereocenters. The van der Waals surface area contributed by atoms with Gasteiger partial charge in [-0.1, -0.05) is 0 Å². The van der Waals surface area contributed by atoms with Gasteiger partial charge in [-0.3, -0.25) is 0 Å². The van der Waals surface area contributed by atoms with Crippen LogP contribution >= 0.6 is 0 Å². The fourth-order valence-electron chi connectivity index (χ4n) is 0. The van der Waals surface area contributed by atoms with E-state index < -0.39 is 20.3 Å². The molecular weight excluding hydrogens is 455 g/mol. The van der Waals surface area contributed by atoms with Crippen LogP contribution in [-0.4, -0.2) is 52.9 Å². The molecule has 0 fully saturated rings. The molecule has 17 heteroatoms. The quantitative estimate of drug-likeness (QED) is 0.235. The second kappa shape index (κ2) is 23.5. The summed E-state index contributed by atoms with van der Waals surface area (Å²) < 4.78 is 0. The van der Waals surface area contributed by atoms with Crippen molar-refractivity contribution in [3.63, 3.8) is 0 Å². The van der Waals surface area contributed by atoms with Crippen molar-refractivity contribution in [1.29, 1.82) is 0 Å². The molecule has 0 aromatic rings.